The molecule has 4 fully saturated rings. The minimum absolute atomic E-state index is 0.879. The van der Waals surface area contributed by atoms with E-state index in [1.165, 1.54) is 110 Å². The molecular weight excluding hydrogens is 284 g/mol. The van der Waals surface area contributed by atoms with Crippen molar-refractivity contribution in [3.8, 4) is 0 Å². The lowest BCUT2D eigenvalue weighted by molar-refractivity contribution is 0.215. The molecule has 0 aromatic carbocycles. The SMILES string of the molecule is C(CN1CC[C@@H](N2CCCC2)C1)CN1CC[C@@H](N2CCCC2)C1. The van der Waals surface area contributed by atoms with Crippen LogP contribution in [0.15, 0.2) is 0 Å². The normalized spacial score (nSPS) is 35.0. The molecule has 0 N–H and O–H groups in total. The van der Waals surface area contributed by atoms with Gasteiger partial charge in [0.15, 0.2) is 0 Å². The third kappa shape index (κ3) is 4.09. The summed E-state index contributed by atoms with van der Waals surface area (Å²) in [7, 11) is 0. The average molecular weight is 321 g/mol. The Morgan fingerprint density at radius 2 is 1.00 bits per heavy atom. The topological polar surface area (TPSA) is 13.0 Å². The summed E-state index contributed by atoms with van der Waals surface area (Å²) in [6.45, 7) is 13.5. The van der Waals surface area contributed by atoms with Gasteiger partial charge in [0, 0.05) is 25.2 Å². The Morgan fingerprint density at radius 3 is 1.43 bits per heavy atom. The molecule has 4 heteroatoms. The van der Waals surface area contributed by atoms with Crippen LogP contribution in [0.2, 0.25) is 0 Å². The minimum atomic E-state index is 0.879. The molecule has 0 aromatic rings. The van der Waals surface area contributed by atoms with E-state index < -0.39 is 0 Å². The van der Waals surface area contributed by atoms with Crippen LogP contribution in [0.5, 0.6) is 0 Å². The minimum Gasteiger partial charge on any atom is -0.302 e. The Morgan fingerprint density at radius 1 is 0.565 bits per heavy atom. The molecule has 4 saturated heterocycles. The summed E-state index contributed by atoms with van der Waals surface area (Å²) in [5.41, 5.74) is 0. The van der Waals surface area contributed by atoms with Gasteiger partial charge in [-0.05, 0) is 97.3 Å². The molecular formula is C19H36N4. The Hall–Kier alpha value is -0.160. The van der Waals surface area contributed by atoms with Gasteiger partial charge in [0.1, 0.15) is 0 Å². The van der Waals surface area contributed by atoms with Gasteiger partial charge in [0.25, 0.3) is 0 Å². The van der Waals surface area contributed by atoms with Gasteiger partial charge in [-0.15, -0.1) is 0 Å². The van der Waals surface area contributed by atoms with Gasteiger partial charge >= 0.3 is 0 Å². The first kappa shape index (κ1) is 16.3. The van der Waals surface area contributed by atoms with Crippen molar-refractivity contribution < 1.29 is 0 Å². The lowest BCUT2D eigenvalue weighted by Crippen LogP contribution is -2.37. The van der Waals surface area contributed by atoms with Gasteiger partial charge in [-0.3, -0.25) is 9.80 Å². The standard InChI is InChI=1S/C19H36N4/c1-2-11-22(10-1)18-6-14-20(16-18)8-5-9-21-15-7-19(17-21)23-12-3-4-13-23/h18-19H,1-17H2/t18-,19-/m1/s1. The first-order chi connectivity index (χ1) is 11.4. The van der Waals surface area contributed by atoms with Crippen molar-refractivity contribution >= 4 is 0 Å². The van der Waals surface area contributed by atoms with Crippen LogP contribution < -0.4 is 0 Å². The first-order valence-corrected chi connectivity index (χ1v) is 10.3. The second-order valence-electron chi connectivity index (χ2n) is 8.33. The predicted octanol–water partition coefficient (Wildman–Crippen LogP) is 1.72. The molecule has 23 heavy (non-hydrogen) atoms. The zero-order valence-corrected chi connectivity index (χ0v) is 15.0. The zero-order chi connectivity index (χ0) is 15.5. The molecule has 4 heterocycles. The molecule has 4 aliphatic rings. The van der Waals surface area contributed by atoms with Gasteiger partial charge < -0.3 is 9.80 Å². The van der Waals surface area contributed by atoms with Crippen LogP contribution in [0, 0.1) is 0 Å². The van der Waals surface area contributed by atoms with E-state index in [1.807, 2.05) is 0 Å². The van der Waals surface area contributed by atoms with Crippen LogP contribution in [0.3, 0.4) is 0 Å². The van der Waals surface area contributed by atoms with E-state index in [-0.39, 0.29) is 0 Å². The highest BCUT2D eigenvalue weighted by Crippen LogP contribution is 2.22. The third-order valence-corrected chi connectivity index (χ3v) is 6.76. The maximum atomic E-state index is 2.75. The van der Waals surface area contributed by atoms with Crippen LogP contribution in [0.4, 0.5) is 0 Å². The molecule has 0 radical (unpaired) electrons. The first-order valence-electron chi connectivity index (χ1n) is 10.3. The van der Waals surface area contributed by atoms with Crippen molar-refractivity contribution in [2.24, 2.45) is 0 Å². The van der Waals surface area contributed by atoms with Crippen molar-refractivity contribution in [2.45, 2.75) is 57.0 Å². The summed E-state index contributed by atoms with van der Waals surface area (Å²) >= 11 is 0. The molecule has 2 atom stereocenters. The number of hydrogen-bond acceptors (Lipinski definition) is 4. The number of likely N-dealkylation sites (tertiary alicyclic amines) is 4. The van der Waals surface area contributed by atoms with Crippen molar-refractivity contribution in [1.29, 1.82) is 0 Å². The van der Waals surface area contributed by atoms with E-state index >= 15 is 0 Å². The molecule has 4 rings (SSSR count). The van der Waals surface area contributed by atoms with Crippen LogP contribution in [-0.4, -0.2) is 97.1 Å². The van der Waals surface area contributed by atoms with E-state index in [4.69, 9.17) is 0 Å². The number of nitrogens with zero attached hydrogens (tertiary/aromatic N) is 4. The smallest absolute Gasteiger partial charge is 0.0235 e. The monoisotopic (exact) mass is 320 g/mol. The second-order valence-corrected chi connectivity index (χ2v) is 8.33. The average Bonchev–Trinajstić information content (AvgIpc) is 3.33. The van der Waals surface area contributed by atoms with E-state index in [2.05, 4.69) is 19.6 Å². The van der Waals surface area contributed by atoms with Crippen molar-refractivity contribution in [2.75, 3.05) is 65.4 Å². The van der Waals surface area contributed by atoms with Crippen LogP contribution in [-0.2, 0) is 0 Å². The molecule has 4 nitrogen and oxygen atoms in total. The largest absolute Gasteiger partial charge is 0.302 e. The molecule has 132 valence electrons. The third-order valence-electron chi connectivity index (χ3n) is 6.76. The summed E-state index contributed by atoms with van der Waals surface area (Å²) in [4.78, 5) is 11.0. The van der Waals surface area contributed by atoms with Gasteiger partial charge in [0.2, 0.25) is 0 Å². The number of hydrogen-bond donors (Lipinski definition) is 0. The lowest BCUT2D eigenvalue weighted by atomic mass is 10.2. The fourth-order valence-electron chi connectivity index (χ4n) is 5.36. The Balaban J connectivity index is 1.11. The van der Waals surface area contributed by atoms with Crippen molar-refractivity contribution in [3.63, 3.8) is 0 Å². The molecule has 4 aliphatic heterocycles. The molecule has 0 aliphatic carbocycles. The summed E-state index contributed by atoms with van der Waals surface area (Å²) < 4.78 is 0. The predicted molar refractivity (Wildman–Crippen MR) is 95.9 cm³/mol. The summed E-state index contributed by atoms with van der Waals surface area (Å²) in [6, 6.07) is 1.76. The number of rotatable bonds is 6. The Labute approximate surface area is 142 Å². The highest BCUT2D eigenvalue weighted by molar-refractivity contribution is 4.87. The van der Waals surface area contributed by atoms with Gasteiger partial charge in [0.05, 0.1) is 0 Å². The van der Waals surface area contributed by atoms with E-state index in [9.17, 15) is 0 Å². The summed E-state index contributed by atoms with van der Waals surface area (Å²) in [5.74, 6) is 0. The van der Waals surface area contributed by atoms with Crippen LogP contribution in [0.25, 0.3) is 0 Å². The van der Waals surface area contributed by atoms with Gasteiger partial charge in [-0.25, -0.2) is 0 Å². The van der Waals surface area contributed by atoms with Crippen LogP contribution >= 0.6 is 0 Å². The summed E-state index contributed by atoms with van der Waals surface area (Å²) in [6.07, 6.45) is 9.95. The zero-order valence-electron chi connectivity index (χ0n) is 15.0. The fraction of sp³-hybridized carbons (Fsp3) is 1.00. The van der Waals surface area contributed by atoms with Gasteiger partial charge in [-0.2, -0.15) is 0 Å². The van der Waals surface area contributed by atoms with E-state index in [0.29, 0.717) is 0 Å². The maximum Gasteiger partial charge on any atom is 0.0235 e. The van der Waals surface area contributed by atoms with E-state index in [1.54, 1.807) is 0 Å². The molecule has 0 aromatic heterocycles. The quantitative estimate of drug-likeness (QED) is 0.739. The van der Waals surface area contributed by atoms with Crippen molar-refractivity contribution in [3.05, 3.63) is 0 Å². The molecule has 0 spiro atoms. The molecule has 0 bridgehead atoms. The lowest BCUT2D eigenvalue weighted by Gasteiger charge is -2.25. The molecule has 0 amide bonds. The van der Waals surface area contributed by atoms with Gasteiger partial charge in [-0.1, -0.05) is 0 Å². The molecule has 0 unspecified atom stereocenters. The van der Waals surface area contributed by atoms with Crippen molar-refractivity contribution in [1.82, 2.24) is 19.6 Å². The molecule has 0 saturated carbocycles. The Kier molecular flexibility index (Phi) is 5.54. The summed E-state index contributed by atoms with van der Waals surface area (Å²) in [5, 5.41) is 0. The highest BCUT2D eigenvalue weighted by Gasteiger charge is 2.30. The van der Waals surface area contributed by atoms with E-state index in [0.717, 1.165) is 12.1 Å². The fourth-order valence-corrected chi connectivity index (χ4v) is 5.36. The maximum absolute atomic E-state index is 2.75. The van der Waals surface area contributed by atoms with Crippen LogP contribution in [0.1, 0.15) is 44.9 Å². The second kappa shape index (κ2) is 7.81. The highest BCUT2D eigenvalue weighted by atomic mass is 15.3. The Bertz CT molecular complexity index is 328.